The van der Waals surface area contributed by atoms with Crippen LogP contribution in [0.15, 0.2) is 59.9 Å². The molecule has 5 rings (SSSR count). The Balaban J connectivity index is 1.54. The van der Waals surface area contributed by atoms with Crippen molar-refractivity contribution in [3.05, 3.63) is 77.9 Å². The van der Waals surface area contributed by atoms with Crippen molar-refractivity contribution >= 4 is 32.4 Å². The van der Waals surface area contributed by atoms with Crippen LogP contribution >= 0.6 is 0 Å². The number of benzene rings is 1. The summed E-state index contributed by atoms with van der Waals surface area (Å²) in [5.41, 5.74) is 1.52. The van der Waals surface area contributed by atoms with E-state index in [0.29, 0.717) is 35.4 Å². The highest BCUT2D eigenvalue weighted by Gasteiger charge is 2.25. The minimum absolute atomic E-state index is 0.0170. The lowest BCUT2D eigenvalue weighted by Gasteiger charge is -2.26. The van der Waals surface area contributed by atoms with Crippen molar-refractivity contribution in [2.75, 3.05) is 5.32 Å². The van der Waals surface area contributed by atoms with Gasteiger partial charge in [-0.05, 0) is 24.6 Å². The van der Waals surface area contributed by atoms with Gasteiger partial charge in [-0.15, -0.1) is 0 Å². The van der Waals surface area contributed by atoms with Crippen LogP contribution in [-0.4, -0.2) is 33.0 Å². The zero-order valence-corrected chi connectivity index (χ0v) is 17.6. The van der Waals surface area contributed by atoms with Crippen LogP contribution in [0.4, 0.5) is 11.4 Å². The molecule has 1 N–H and O–H groups in total. The largest absolute Gasteiger partial charge is 0.390 e. The summed E-state index contributed by atoms with van der Waals surface area (Å²) in [6, 6.07) is 11.9. The number of nitrogens with one attached hydrogen (secondary N) is 1. The van der Waals surface area contributed by atoms with Crippen molar-refractivity contribution in [1.82, 2.24) is 18.5 Å². The van der Waals surface area contributed by atoms with Crippen LogP contribution in [0.3, 0.4) is 0 Å². The number of hydrogen-bond donors (Lipinski definition) is 1. The molecule has 32 heavy (non-hydrogen) atoms. The highest BCUT2D eigenvalue weighted by molar-refractivity contribution is 7.90. The van der Waals surface area contributed by atoms with Crippen molar-refractivity contribution in [3.8, 4) is 6.07 Å². The molecule has 4 heterocycles. The first-order valence-corrected chi connectivity index (χ1v) is 11.4. The van der Waals surface area contributed by atoms with Gasteiger partial charge in [-0.2, -0.15) is 5.26 Å². The van der Waals surface area contributed by atoms with Gasteiger partial charge in [-0.1, -0.05) is 18.2 Å². The van der Waals surface area contributed by atoms with Crippen molar-refractivity contribution in [2.24, 2.45) is 0 Å². The maximum atomic E-state index is 13.1. The van der Waals surface area contributed by atoms with Gasteiger partial charge in [0.15, 0.2) is 11.3 Å². The van der Waals surface area contributed by atoms with Gasteiger partial charge in [0.25, 0.3) is 10.0 Å². The maximum absolute atomic E-state index is 13.1. The van der Waals surface area contributed by atoms with E-state index in [0.717, 1.165) is 16.2 Å². The predicted molar refractivity (Wildman–Crippen MR) is 118 cm³/mol. The maximum Gasteiger partial charge on any atom is 0.269 e. The summed E-state index contributed by atoms with van der Waals surface area (Å²) in [6.45, 7) is 8.26. The molecule has 10 heteroatoms. The second-order valence-electron chi connectivity index (χ2n) is 7.48. The number of hydrogen-bond acceptors (Lipinski definition) is 6. The molecular weight excluding hydrogens is 426 g/mol. The minimum atomic E-state index is -3.83. The average molecular weight is 443 g/mol. The number of aryl methyl sites for hydroxylation is 1. The molecule has 1 aromatic carbocycles. The van der Waals surface area contributed by atoms with Gasteiger partial charge in [-0.25, -0.2) is 27.2 Å². The lowest BCUT2D eigenvalue weighted by molar-refractivity contribution is 0.484. The highest BCUT2D eigenvalue weighted by atomic mass is 32.2. The van der Waals surface area contributed by atoms with Crippen LogP contribution in [-0.2, 0) is 23.0 Å². The lowest BCUT2D eigenvalue weighted by atomic mass is 10.1. The molecule has 1 unspecified atom stereocenters. The van der Waals surface area contributed by atoms with E-state index in [9.17, 15) is 8.42 Å². The third-order valence-corrected chi connectivity index (χ3v) is 7.23. The Morgan fingerprint density at radius 1 is 1.25 bits per heavy atom. The zero-order valence-electron chi connectivity index (χ0n) is 16.8. The molecule has 9 nitrogen and oxygen atoms in total. The Morgan fingerprint density at radius 3 is 2.81 bits per heavy atom. The van der Waals surface area contributed by atoms with Gasteiger partial charge in [-0.3, -0.25) is 0 Å². The number of imidazole rings is 1. The molecule has 0 amide bonds. The molecule has 1 aliphatic rings. The number of pyridine rings is 1. The van der Waals surface area contributed by atoms with Crippen LogP contribution in [0.5, 0.6) is 0 Å². The van der Waals surface area contributed by atoms with E-state index >= 15 is 0 Å². The molecule has 0 spiro atoms. The molecule has 0 fully saturated rings. The quantitative estimate of drug-likeness (QED) is 0.485. The van der Waals surface area contributed by atoms with Crippen LogP contribution in [0.25, 0.3) is 15.9 Å². The van der Waals surface area contributed by atoms with Gasteiger partial charge in [0.05, 0.1) is 17.2 Å². The van der Waals surface area contributed by atoms with Crippen molar-refractivity contribution in [3.63, 3.8) is 0 Å². The van der Waals surface area contributed by atoms with Gasteiger partial charge in [0.1, 0.15) is 11.9 Å². The summed E-state index contributed by atoms with van der Waals surface area (Å²) in [5, 5.41) is 13.1. The van der Waals surface area contributed by atoms with E-state index in [1.807, 2.05) is 4.57 Å². The summed E-state index contributed by atoms with van der Waals surface area (Å²) in [5.74, 6) is 0.809. The van der Waals surface area contributed by atoms with Gasteiger partial charge >= 0.3 is 0 Å². The number of anilines is 1. The van der Waals surface area contributed by atoms with Crippen LogP contribution in [0.1, 0.15) is 17.9 Å². The Labute approximate surface area is 184 Å². The third kappa shape index (κ3) is 3.18. The van der Waals surface area contributed by atoms with Crippen molar-refractivity contribution in [1.29, 1.82) is 5.26 Å². The lowest BCUT2D eigenvalue weighted by Crippen LogP contribution is -2.30. The van der Waals surface area contributed by atoms with Gasteiger partial charge in [0.2, 0.25) is 5.69 Å². The molecule has 4 aromatic rings. The summed E-state index contributed by atoms with van der Waals surface area (Å²) in [6.07, 6.45) is 5.97. The SMILES string of the molecule is [C-]#[N+]c1cnc2c(ccn2S(=O)(=O)c2ccccc2)c1NC1CCn2cc(C#N)nc2C1. The fourth-order valence-corrected chi connectivity index (χ4v) is 5.32. The molecule has 158 valence electrons. The average Bonchev–Trinajstić information content (AvgIpc) is 3.44. The number of rotatable bonds is 4. The number of aromatic nitrogens is 4. The van der Waals surface area contributed by atoms with Crippen LogP contribution in [0.2, 0.25) is 0 Å². The molecule has 1 atom stereocenters. The molecule has 0 aliphatic carbocycles. The van der Waals surface area contributed by atoms with Gasteiger partial charge < -0.3 is 9.88 Å². The monoisotopic (exact) mass is 443 g/mol. The highest BCUT2D eigenvalue weighted by Crippen LogP contribution is 2.35. The fraction of sp³-hybridized carbons (Fsp3) is 0.182. The fourth-order valence-electron chi connectivity index (χ4n) is 4.00. The first kappa shape index (κ1) is 19.8. The summed E-state index contributed by atoms with van der Waals surface area (Å²) in [7, 11) is -3.83. The van der Waals surface area contributed by atoms with Crippen LogP contribution in [0, 0.1) is 17.9 Å². The summed E-state index contributed by atoms with van der Waals surface area (Å²) in [4.78, 5) is 12.4. The summed E-state index contributed by atoms with van der Waals surface area (Å²) >= 11 is 0. The Morgan fingerprint density at radius 2 is 2.06 bits per heavy atom. The van der Waals surface area contributed by atoms with E-state index in [-0.39, 0.29) is 16.6 Å². The predicted octanol–water partition coefficient (Wildman–Crippen LogP) is 3.32. The Hall–Kier alpha value is -4.15. The second kappa shape index (κ2) is 7.52. The van der Waals surface area contributed by atoms with Crippen molar-refractivity contribution in [2.45, 2.75) is 30.3 Å². The Bertz CT molecular complexity index is 1520. The molecule has 0 bridgehead atoms. The molecule has 3 aromatic heterocycles. The first-order valence-electron chi connectivity index (χ1n) is 9.92. The third-order valence-electron chi connectivity index (χ3n) is 5.55. The van der Waals surface area contributed by atoms with Gasteiger partial charge in [0, 0.05) is 43.0 Å². The summed E-state index contributed by atoms with van der Waals surface area (Å²) < 4.78 is 29.4. The normalized spacial score (nSPS) is 15.6. The minimum Gasteiger partial charge on any atom is -0.390 e. The van der Waals surface area contributed by atoms with E-state index in [2.05, 4.69) is 26.2 Å². The smallest absolute Gasteiger partial charge is 0.269 e. The zero-order chi connectivity index (χ0) is 22.3. The molecule has 1 aliphatic heterocycles. The standard InChI is InChI=1S/C22H17N7O2S/c1-24-19-13-25-22-18(8-10-29(22)32(30,31)17-5-3-2-4-6-17)21(19)27-15-7-9-28-14-16(12-23)26-20(28)11-15/h2-6,8,10,13-15H,7,9,11H2,(H,25,27). The van der Waals surface area contributed by atoms with E-state index in [1.54, 1.807) is 30.5 Å². The molecule has 0 saturated heterocycles. The molecule has 0 saturated carbocycles. The van der Waals surface area contributed by atoms with E-state index in [1.165, 1.54) is 24.5 Å². The van der Waals surface area contributed by atoms with Crippen molar-refractivity contribution < 1.29 is 8.42 Å². The second-order valence-corrected chi connectivity index (χ2v) is 9.29. The first-order chi connectivity index (χ1) is 15.5. The number of nitriles is 1. The molecular formula is C22H17N7O2S. The Kier molecular flexibility index (Phi) is 4.65. The van der Waals surface area contributed by atoms with E-state index < -0.39 is 10.0 Å². The number of nitrogens with zero attached hydrogens (tertiary/aromatic N) is 6. The van der Waals surface area contributed by atoms with E-state index in [4.69, 9.17) is 11.8 Å². The number of fused-ring (bicyclic) bond motifs is 2. The molecule has 0 radical (unpaired) electrons. The topological polar surface area (TPSA) is 110 Å². The van der Waals surface area contributed by atoms with Crippen LogP contribution < -0.4 is 5.32 Å².